The van der Waals surface area contributed by atoms with Crippen molar-refractivity contribution in [2.75, 3.05) is 20.6 Å². The van der Waals surface area contributed by atoms with Gasteiger partial charge in [-0.25, -0.2) is 0 Å². The Morgan fingerprint density at radius 1 is 0.920 bits per heavy atom. The van der Waals surface area contributed by atoms with Crippen molar-refractivity contribution in [1.82, 2.24) is 4.90 Å². The Kier molecular flexibility index (Phi) is 2.56. The molecule has 0 aromatic heterocycles. The van der Waals surface area contributed by atoms with E-state index >= 15 is 0 Å². The maximum Gasteiger partial charge on any atom is 0.231 e. The molecule has 2 aromatic carbocycles. The fourth-order valence-corrected chi connectivity index (χ4v) is 4.53. The number of likely N-dealkylation sites (N-methyl/N-ethyl adjacent to an activating group) is 1. The summed E-state index contributed by atoms with van der Waals surface area (Å²) in [4.78, 5) is 2.39. The molecule has 0 amide bonds. The second-order valence-electron chi connectivity index (χ2n) is 6.95. The van der Waals surface area contributed by atoms with Gasteiger partial charge in [-0.15, -0.1) is 0 Å². The van der Waals surface area contributed by atoms with Crippen molar-refractivity contribution in [2.45, 2.75) is 18.5 Å². The molecule has 0 saturated carbocycles. The Morgan fingerprint density at radius 2 is 1.72 bits per heavy atom. The molecule has 25 heavy (non-hydrogen) atoms. The molecule has 3 heterocycles. The predicted molar refractivity (Wildman–Crippen MR) is 91.1 cm³/mol. The number of rotatable bonds is 0. The first kappa shape index (κ1) is 13.6. The maximum atomic E-state index is 5.75. The predicted octanol–water partition coefficient (Wildman–Crippen LogP) is 3.44. The van der Waals surface area contributed by atoms with E-state index < -0.39 is 0 Å². The fraction of sp³-hybridized carbons (Fsp3) is 0.300. The number of hydrogen-bond acceptors (Lipinski definition) is 5. The third-order valence-electron chi connectivity index (χ3n) is 5.64. The van der Waals surface area contributed by atoms with Gasteiger partial charge in [0, 0.05) is 24.1 Å². The van der Waals surface area contributed by atoms with Crippen molar-refractivity contribution in [3.63, 3.8) is 0 Å². The minimum absolute atomic E-state index is 0.280. The highest BCUT2D eigenvalue weighted by molar-refractivity contribution is 5.67. The van der Waals surface area contributed by atoms with Crippen LogP contribution in [0.25, 0.3) is 6.08 Å². The Labute approximate surface area is 145 Å². The van der Waals surface area contributed by atoms with Gasteiger partial charge in [0.25, 0.3) is 0 Å². The molecule has 0 bridgehead atoms. The molecule has 2 aromatic rings. The van der Waals surface area contributed by atoms with Crippen LogP contribution < -0.4 is 18.9 Å². The van der Waals surface area contributed by atoms with Gasteiger partial charge in [0.1, 0.15) is 0 Å². The first-order valence-electron chi connectivity index (χ1n) is 8.53. The van der Waals surface area contributed by atoms with Crippen LogP contribution in [0.5, 0.6) is 23.0 Å². The van der Waals surface area contributed by atoms with Crippen molar-refractivity contribution in [3.05, 3.63) is 52.6 Å². The van der Waals surface area contributed by atoms with E-state index in [9.17, 15) is 0 Å². The van der Waals surface area contributed by atoms with Gasteiger partial charge in [-0.05, 0) is 41.9 Å². The second kappa shape index (κ2) is 4.70. The van der Waals surface area contributed by atoms with Gasteiger partial charge in [-0.3, -0.25) is 4.90 Å². The number of nitrogens with zero attached hydrogens (tertiary/aromatic N) is 1. The number of fused-ring (bicyclic) bond motifs is 8. The Balaban J connectivity index is 1.52. The lowest BCUT2D eigenvalue weighted by atomic mass is 9.75. The lowest BCUT2D eigenvalue weighted by Crippen LogP contribution is -2.35. The van der Waals surface area contributed by atoms with Crippen LogP contribution in [0, 0.1) is 0 Å². The standard InChI is InChI=1S/C20H17NO4/c1-21-8-15-12(4-5-16-20(15)25-10-22-16)13-3-2-11-6-17-18(24-9-23-17)7-14(11)19(13)21/h2-7,13,19H,8-10H2,1H3/t13-,19+/m0/s1. The van der Waals surface area contributed by atoms with E-state index in [1.165, 1.54) is 22.3 Å². The molecule has 0 radical (unpaired) electrons. The van der Waals surface area contributed by atoms with Gasteiger partial charge in [0.15, 0.2) is 23.0 Å². The molecule has 0 saturated heterocycles. The van der Waals surface area contributed by atoms with Gasteiger partial charge >= 0.3 is 0 Å². The van der Waals surface area contributed by atoms with Gasteiger partial charge in [0.05, 0.1) is 0 Å². The topological polar surface area (TPSA) is 40.2 Å². The van der Waals surface area contributed by atoms with Gasteiger partial charge in [-0.2, -0.15) is 0 Å². The summed E-state index contributed by atoms with van der Waals surface area (Å²) in [5.41, 5.74) is 5.07. The Bertz CT molecular complexity index is 936. The van der Waals surface area contributed by atoms with Gasteiger partial charge in [-0.1, -0.05) is 18.2 Å². The minimum Gasteiger partial charge on any atom is -0.454 e. The third-order valence-corrected chi connectivity index (χ3v) is 5.64. The molecule has 1 aliphatic carbocycles. The monoisotopic (exact) mass is 335 g/mol. The zero-order chi connectivity index (χ0) is 16.5. The summed E-state index contributed by atoms with van der Waals surface area (Å²) in [7, 11) is 2.17. The van der Waals surface area contributed by atoms with E-state index in [4.69, 9.17) is 18.9 Å². The fourth-order valence-electron chi connectivity index (χ4n) is 4.53. The summed E-state index contributed by atoms with van der Waals surface area (Å²) >= 11 is 0. The third kappa shape index (κ3) is 1.76. The van der Waals surface area contributed by atoms with Crippen molar-refractivity contribution in [3.8, 4) is 23.0 Å². The molecule has 5 heteroatoms. The lowest BCUT2D eigenvalue weighted by Gasteiger charge is -2.42. The van der Waals surface area contributed by atoms with Crippen LogP contribution in [0.1, 0.15) is 34.2 Å². The van der Waals surface area contributed by atoms with Gasteiger partial charge in [0.2, 0.25) is 13.6 Å². The number of benzene rings is 2. The lowest BCUT2D eigenvalue weighted by molar-refractivity contribution is 0.166. The molecule has 4 aliphatic rings. The summed E-state index contributed by atoms with van der Waals surface area (Å²) in [5.74, 6) is 3.74. The van der Waals surface area contributed by atoms with Crippen molar-refractivity contribution in [2.24, 2.45) is 0 Å². The smallest absolute Gasteiger partial charge is 0.231 e. The highest BCUT2D eigenvalue weighted by Crippen LogP contribution is 2.52. The average molecular weight is 335 g/mol. The van der Waals surface area contributed by atoms with Gasteiger partial charge < -0.3 is 18.9 Å². The normalized spacial score (nSPS) is 24.7. The quantitative estimate of drug-likeness (QED) is 0.737. The molecule has 6 rings (SSSR count). The van der Waals surface area contributed by atoms with E-state index in [-0.39, 0.29) is 12.0 Å². The van der Waals surface area contributed by atoms with E-state index in [2.05, 4.69) is 42.3 Å². The number of ether oxygens (including phenoxy) is 4. The van der Waals surface area contributed by atoms with Crippen LogP contribution in [0.4, 0.5) is 0 Å². The van der Waals surface area contributed by atoms with E-state index in [1.54, 1.807) is 0 Å². The zero-order valence-electron chi connectivity index (χ0n) is 13.8. The molecule has 0 unspecified atom stereocenters. The molecule has 0 fully saturated rings. The van der Waals surface area contributed by atoms with Crippen LogP contribution >= 0.6 is 0 Å². The van der Waals surface area contributed by atoms with Crippen LogP contribution in [0.3, 0.4) is 0 Å². The molecular formula is C20H17NO4. The van der Waals surface area contributed by atoms with Crippen molar-refractivity contribution in [1.29, 1.82) is 0 Å². The van der Waals surface area contributed by atoms with E-state index in [1.807, 2.05) is 6.07 Å². The SMILES string of the molecule is CN1Cc2c(ccc3c2OCO3)[C@@H]2C=Cc3cc4c(cc3[C@@H]21)OCO4. The van der Waals surface area contributed by atoms with Crippen LogP contribution in [0.2, 0.25) is 0 Å². The first-order valence-corrected chi connectivity index (χ1v) is 8.53. The molecule has 126 valence electrons. The highest BCUT2D eigenvalue weighted by atomic mass is 16.7. The summed E-state index contributed by atoms with van der Waals surface area (Å²) in [6.07, 6.45) is 4.50. The largest absolute Gasteiger partial charge is 0.454 e. The van der Waals surface area contributed by atoms with E-state index in [0.717, 1.165) is 29.5 Å². The molecule has 5 nitrogen and oxygen atoms in total. The minimum atomic E-state index is 0.280. The number of hydrogen-bond donors (Lipinski definition) is 0. The van der Waals surface area contributed by atoms with Crippen molar-refractivity contribution < 1.29 is 18.9 Å². The molecule has 0 spiro atoms. The summed E-state index contributed by atoms with van der Waals surface area (Å²) in [6, 6.07) is 8.74. The van der Waals surface area contributed by atoms with E-state index in [0.29, 0.717) is 13.6 Å². The molecule has 0 N–H and O–H groups in total. The average Bonchev–Trinajstić information content (AvgIpc) is 3.28. The Hall–Kier alpha value is -2.66. The second-order valence-corrected chi connectivity index (χ2v) is 6.95. The first-order chi connectivity index (χ1) is 12.3. The zero-order valence-corrected chi connectivity index (χ0v) is 13.8. The van der Waals surface area contributed by atoms with Crippen LogP contribution in [-0.2, 0) is 6.54 Å². The molecule has 2 atom stereocenters. The van der Waals surface area contributed by atoms with Crippen LogP contribution in [-0.4, -0.2) is 25.5 Å². The highest BCUT2D eigenvalue weighted by Gasteiger charge is 2.39. The summed E-state index contributed by atoms with van der Waals surface area (Å²) < 4.78 is 22.4. The summed E-state index contributed by atoms with van der Waals surface area (Å²) in [6.45, 7) is 1.45. The maximum absolute atomic E-state index is 5.75. The Morgan fingerprint density at radius 3 is 2.64 bits per heavy atom. The summed E-state index contributed by atoms with van der Waals surface area (Å²) in [5, 5.41) is 0. The molecule has 3 aliphatic heterocycles. The molecular weight excluding hydrogens is 318 g/mol. The van der Waals surface area contributed by atoms with Crippen LogP contribution in [0.15, 0.2) is 30.3 Å². The van der Waals surface area contributed by atoms with Crippen molar-refractivity contribution >= 4 is 6.08 Å².